The van der Waals surface area contributed by atoms with Gasteiger partial charge in [0, 0.05) is 0 Å². The molecule has 0 saturated carbocycles. The first-order chi connectivity index (χ1) is 9.79. The van der Waals surface area contributed by atoms with Gasteiger partial charge < -0.3 is 9.47 Å². The number of ether oxygens (including phenoxy) is 2. The Morgan fingerprint density at radius 1 is 1.05 bits per heavy atom. The molecular formula is C17H16O3. The van der Waals surface area contributed by atoms with Gasteiger partial charge in [0.05, 0.1) is 6.61 Å². The number of epoxide rings is 1. The minimum absolute atomic E-state index is 0.305. The second kappa shape index (κ2) is 5.10. The van der Waals surface area contributed by atoms with Crippen molar-refractivity contribution in [2.75, 3.05) is 6.61 Å². The van der Waals surface area contributed by atoms with Crippen LogP contribution in [0.15, 0.2) is 60.7 Å². The van der Waals surface area contributed by atoms with E-state index in [1.165, 1.54) is 0 Å². The summed E-state index contributed by atoms with van der Waals surface area (Å²) in [6.07, 6.45) is -0.563. The maximum atomic E-state index is 12.0. The summed E-state index contributed by atoms with van der Waals surface area (Å²) >= 11 is 0. The van der Waals surface area contributed by atoms with Crippen LogP contribution in [0.5, 0.6) is 0 Å². The van der Waals surface area contributed by atoms with Gasteiger partial charge in [-0.25, -0.2) is 4.79 Å². The van der Waals surface area contributed by atoms with Gasteiger partial charge in [-0.1, -0.05) is 60.7 Å². The molecule has 0 unspecified atom stereocenters. The maximum Gasteiger partial charge on any atom is 0.339 e. The van der Waals surface area contributed by atoms with Crippen LogP contribution in [0.25, 0.3) is 0 Å². The summed E-state index contributed by atoms with van der Waals surface area (Å²) < 4.78 is 10.9. The van der Waals surface area contributed by atoms with E-state index >= 15 is 0 Å². The van der Waals surface area contributed by atoms with Crippen molar-refractivity contribution < 1.29 is 14.3 Å². The zero-order valence-corrected chi connectivity index (χ0v) is 11.3. The van der Waals surface area contributed by atoms with E-state index in [4.69, 9.17) is 9.47 Å². The van der Waals surface area contributed by atoms with Crippen molar-refractivity contribution in [3.63, 3.8) is 0 Å². The van der Waals surface area contributed by atoms with Crippen LogP contribution in [-0.4, -0.2) is 18.7 Å². The predicted octanol–water partition coefficient (Wildman–Crippen LogP) is 2.89. The molecule has 0 spiro atoms. The van der Waals surface area contributed by atoms with Gasteiger partial charge in [-0.2, -0.15) is 0 Å². The molecule has 3 heteroatoms. The number of benzene rings is 2. The third kappa shape index (κ3) is 2.00. The summed E-state index contributed by atoms with van der Waals surface area (Å²) in [4.78, 5) is 12.0. The smallest absolute Gasteiger partial charge is 0.339 e. The summed E-state index contributed by atoms with van der Waals surface area (Å²) in [6, 6.07) is 19.6. The number of carbonyl (C=O) groups is 1. The van der Waals surface area contributed by atoms with E-state index in [0.717, 1.165) is 11.1 Å². The molecule has 2 aromatic rings. The first kappa shape index (κ1) is 12.9. The molecule has 0 N–H and O–H groups in total. The minimum Gasteiger partial charge on any atom is -0.464 e. The second-order valence-corrected chi connectivity index (χ2v) is 4.72. The van der Waals surface area contributed by atoms with Crippen LogP contribution < -0.4 is 0 Å². The fraction of sp³-hybridized carbons (Fsp3) is 0.235. The highest BCUT2D eigenvalue weighted by molar-refractivity contribution is 5.81. The third-order valence-corrected chi connectivity index (χ3v) is 3.52. The molecule has 1 fully saturated rings. The number of rotatable bonds is 4. The summed E-state index contributed by atoms with van der Waals surface area (Å²) in [6.45, 7) is 2.16. The average Bonchev–Trinajstić information content (AvgIpc) is 3.26. The molecule has 1 heterocycles. The maximum absolute atomic E-state index is 12.0. The molecular weight excluding hydrogens is 252 g/mol. The molecule has 1 atom stereocenters. The Morgan fingerprint density at radius 3 is 2.00 bits per heavy atom. The van der Waals surface area contributed by atoms with Crippen molar-refractivity contribution in [3.8, 4) is 0 Å². The van der Waals surface area contributed by atoms with E-state index in [9.17, 15) is 4.79 Å². The first-order valence-corrected chi connectivity index (χ1v) is 6.74. The highest BCUT2D eigenvalue weighted by Crippen LogP contribution is 2.52. The van der Waals surface area contributed by atoms with Gasteiger partial charge in [0.25, 0.3) is 0 Å². The van der Waals surface area contributed by atoms with Crippen LogP contribution in [-0.2, 0) is 19.9 Å². The highest BCUT2D eigenvalue weighted by atomic mass is 16.7. The molecule has 1 saturated heterocycles. The third-order valence-electron chi connectivity index (χ3n) is 3.52. The van der Waals surface area contributed by atoms with Gasteiger partial charge in [-0.05, 0) is 18.1 Å². The van der Waals surface area contributed by atoms with Crippen molar-refractivity contribution in [3.05, 3.63) is 71.8 Å². The zero-order valence-electron chi connectivity index (χ0n) is 11.3. The van der Waals surface area contributed by atoms with Crippen molar-refractivity contribution >= 4 is 5.97 Å². The van der Waals surface area contributed by atoms with Crippen molar-refractivity contribution in [2.24, 2.45) is 0 Å². The van der Waals surface area contributed by atoms with Gasteiger partial charge in [-0.15, -0.1) is 0 Å². The van der Waals surface area contributed by atoms with Gasteiger partial charge in [0.1, 0.15) is 0 Å². The molecule has 1 aliphatic rings. The molecule has 102 valence electrons. The lowest BCUT2D eigenvalue weighted by atomic mass is 9.88. The topological polar surface area (TPSA) is 38.8 Å². The Labute approximate surface area is 118 Å². The predicted molar refractivity (Wildman–Crippen MR) is 75.2 cm³/mol. The van der Waals surface area contributed by atoms with Gasteiger partial charge in [0.15, 0.2) is 11.7 Å². The lowest BCUT2D eigenvalue weighted by Gasteiger charge is -2.13. The molecule has 20 heavy (non-hydrogen) atoms. The lowest BCUT2D eigenvalue weighted by Crippen LogP contribution is -2.22. The van der Waals surface area contributed by atoms with Crippen molar-refractivity contribution in [1.82, 2.24) is 0 Å². The molecule has 0 amide bonds. The van der Waals surface area contributed by atoms with E-state index in [1.54, 1.807) is 6.92 Å². The van der Waals surface area contributed by atoms with Crippen LogP contribution in [0.1, 0.15) is 18.1 Å². The standard InChI is InChI=1S/C17H16O3/c1-2-19-16(18)15-17(20-15,13-9-5-3-6-10-13)14-11-7-4-8-12-14/h3-12,15H,2H2,1H3/t15-/m0/s1. The quantitative estimate of drug-likeness (QED) is 0.632. The molecule has 0 aromatic heterocycles. The fourth-order valence-electron chi connectivity index (χ4n) is 2.56. The van der Waals surface area contributed by atoms with Crippen LogP contribution in [0.2, 0.25) is 0 Å². The summed E-state index contributed by atoms with van der Waals surface area (Å²) in [7, 11) is 0. The largest absolute Gasteiger partial charge is 0.464 e. The SMILES string of the molecule is CCOC(=O)[C@@H]1OC1(c1ccccc1)c1ccccc1. The van der Waals surface area contributed by atoms with E-state index in [0.29, 0.717) is 6.61 Å². The molecule has 0 bridgehead atoms. The number of esters is 1. The summed E-state index contributed by atoms with van der Waals surface area (Å²) in [5.74, 6) is -0.305. The van der Waals surface area contributed by atoms with Crippen LogP contribution >= 0.6 is 0 Å². The van der Waals surface area contributed by atoms with E-state index in [1.807, 2.05) is 60.7 Å². The molecule has 3 nitrogen and oxygen atoms in total. The Bertz CT molecular complexity index is 553. The van der Waals surface area contributed by atoms with Crippen LogP contribution in [0.4, 0.5) is 0 Å². The second-order valence-electron chi connectivity index (χ2n) is 4.72. The van der Waals surface area contributed by atoms with Gasteiger partial charge in [0.2, 0.25) is 0 Å². The Balaban J connectivity index is 2.01. The van der Waals surface area contributed by atoms with E-state index in [-0.39, 0.29) is 5.97 Å². The molecule has 1 aliphatic heterocycles. The first-order valence-electron chi connectivity index (χ1n) is 6.74. The average molecular weight is 268 g/mol. The van der Waals surface area contributed by atoms with Crippen molar-refractivity contribution in [1.29, 1.82) is 0 Å². The van der Waals surface area contributed by atoms with Gasteiger partial charge in [-0.3, -0.25) is 0 Å². The number of hydrogen-bond acceptors (Lipinski definition) is 3. The molecule has 0 aliphatic carbocycles. The zero-order chi connectivity index (χ0) is 14.0. The van der Waals surface area contributed by atoms with Gasteiger partial charge >= 0.3 is 5.97 Å². The molecule has 3 rings (SSSR count). The minimum atomic E-state index is -0.700. The Kier molecular flexibility index (Phi) is 3.28. The summed E-state index contributed by atoms with van der Waals surface area (Å²) in [5, 5.41) is 0. The fourth-order valence-corrected chi connectivity index (χ4v) is 2.56. The molecule has 2 aromatic carbocycles. The number of hydrogen-bond donors (Lipinski definition) is 0. The highest BCUT2D eigenvalue weighted by Gasteiger charge is 2.63. The number of carbonyl (C=O) groups excluding carboxylic acids is 1. The Morgan fingerprint density at radius 2 is 1.55 bits per heavy atom. The van der Waals surface area contributed by atoms with Crippen LogP contribution in [0, 0.1) is 0 Å². The van der Waals surface area contributed by atoms with E-state index < -0.39 is 11.7 Å². The molecule has 0 radical (unpaired) electrons. The summed E-state index contributed by atoms with van der Waals surface area (Å²) in [5.41, 5.74) is 1.25. The Hall–Kier alpha value is -2.13. The monoisotopic (exact) mass is 268 g/mol. The lowest BCUT2D eigenvalue weighted by molar-refractivity contribution is -0.144. The van der Waals surface area contributed by atoms with E-state index in [2.05, 4.69) is 0 Å². The normalized spacial score (nSPS) is 19.4. The van der Waals surface area contributed by atoms with Crippen LogP contribution in [0.3, 0.4) is 0 Å². The van der Waals surface area contributed by atoms with Crippen molar-refractivity contribution in [2.45, 2.75) is 18.6 Å².